The van der Waals surface area contributed by atoms with E-state index in [2.05, 4.69) is 19.1 Å². The number of benzene rings is 1. The van der Waals surface area contributed by atoms with E-state index in [1.54, 1.807) is 0 Å². The highest BCUT2D eigenvalue weighted by Gasteiger charge is 2.36. The van der Waals surface area contributed by atoms with Gasteiger partial charge >= 0.3 is 0 Å². The first-order valence-electron chi connectivity index (χ1n) is 7.30. The molecule has 1 aromatic carbocycles. The second-order valence-corrected chi connectivity index (χ2v) is 5.75. The molecule has 1 aromatic rings. The van der Waals surface area contributed by atoms with Crippen LogP contribution in [-0.4, -0.2) is 23.4 Å². The van der Waals surface area contributed by atoms with Crippen LogP contribution in [0.5, 0.6) is 5.75 Å². The second kappa shape index (κ2) is 6.40. The highest BCUT2D eigenvalue weighted by Crippen LogP contribution is 2.30. The first kappa shape index (κ1) is 14.4. The zero-order valence-corrected chi connectivity index (χ0v) is 11.8. The maximum atomic E-state index is 9.25. The van der Waals surface area contributed by atoms with Gasteiger partial charge in [-0.25, -0.2) is 0 Å². The lowest BCUT2D eigenvalue weighted by Crippen LogP contribution is -2.41. The first-order chi connectivity index (χ1) is 9.15. The Morgan fingerprint density at radius 2 is 2.11 bits per heavy atom. The third-order valence-electron chi connectivity index (χ3n) is 3.96. The van der Waals surface area contributed by atoms with Gasteiger partial charge in [-0.2, -0.15) is 0 Å². The summed E-state index contributed by atoms with van der Waals surface area (Å²) in [6.45, 7) is 2.25. The minimum Gasteiger partial charge on any atom is -0.490 e. The highest BCUT2D eigenvalue weighted by molar-refractivity contribution is 5.27. The smallest absolute Gasteiger partial charge is 0.119 e. The Morgan fingerprint density at radius 1 is 1.37 bits per heavy atom. The van der Waals surface area contributed by atoms with Crippen LogP contribution in [-0.2, 0) is 6.42 Å². The fraction of sp³-hybridized carbons (Fsp3) is 0.625. The van der Waals surface area contributed by atoms with E-state index in [9.17, 15) is 5.11 Å². The van der Waals surface area contributed by atoms with Crippen LogP contribution in [0.4, 0.5) is 0 Å². The lowest BCUT2D eigenvalue weighted by molar-refractivity contribution is 0.165. The van der Waals surface area contributed by atoms with Crippen molar-refractivity contribution < 1.29 is 9.84 Å². The SMILES string of the molecule is CCCCc1ccc(OC2CCC(N)(CO)C2)cc1. The summed E-state index contributed by atoms with van der Waals surface area (Å²) in [4.78, 5) is 0. The summed E-state index contributed by atoms with van der Waals surface area (Å²) >= 11 is 0. The predicted molar refractivity (Wildman–Crippen MR) is 77.3 cm³/mol. The molecule has 1 fully saturated rings. The molecule has 0 aliphatic heterocycles. The van der Waals surface area contributed by atoms with Crippen molar-refractivity contribution in [2.24, 2.45) is 5.73 Å². The molecule has 0 aromatic heterocycles. The van der Waals surface area contributed by atoms with Crippen LogP contribution in [0.1, 0.15) is 44.6 Å². The van der Waals surface area contributed by atoms with E-state index in [4.69, 9.17) is 10.5 Å². The van der Waals surface area contributed by atoms with Crippen LogP contribution in [0.25, 0.3) is 0 Å². The number of aliphatic hydroxyl groups is 1. The standard InChI is InChI=1S/C16H25NO2/c1-2-3-4-13-5-7-14(8-6-13)19-15-9-10-16(17,11-15)12-18/h5-8,15,18H,2-4,9-12,17H2,1H3. The van der Waals surface area contributed by atoms with Crippen molar-refractivity contribution >= 4 is 0 Å². The van der Waals surface area contributed by atoms with E-state index in [1.165, 1.54) is 18.4 Å². The van der Waals surface area contributed by atoms with Gasteiger partial charge in [-0.3, -0.25) is 0 Å². The Balaban J connectivity index is 1.86. The molecule has 106 valence electrons. The molecular formula is C16H25NO2. The largest absolute Gasteiger partial charge is 0.490 e. The van der Waals surface area contributed by atoms with Crippen molar-refractivity contribution in [3.05, 3.63) is 29.8 Å². The predicted octanol–water partition coefficient (Wildman–Crippen LogP) is 2.65. The van der Waals surface area contributed by atoms with Crippen molar-refractivity contribution in [1.29, 1.82) is 0 Å². The van der Waals surface area contributed by atoms with Crippen molar-refractivity contribution in [2.75, 3.05) is 6.61 Å². The summed E-state index contributed by atoms with van der Waals surface area (Å²) in [6, 6.07) is 8.37. The lowest BCUT2D eigenvalue weighted by atomic mass is 10.0. The van der Waals surface area contributed by atoms with E-state index < -0.39 is 5.54 Å². The van der Waals surface area contributed by atoms with Crippen molar-refractivity contribution in [1.82, 2.24) is 0 Å². The average molecular weight is 263 g/mol. The van der Waals surface area contributed by atoms with E-state index in [1.807, 2.05) is 12.1 Å². The fourth-order valence-corrected chi connectivity index (χ4v) is 2.66. The third-order valence-corrected chi connectivity index (χ3v) is 3.96. The number of hydrogen-bond donors (Lipinski definition) is 2. The molecular weight excluding hydrogens is 238 g/mol. The van der Waals surface area contributed by atoms with Gasteiger partial charge in [-0.05, 0) is 43.4 Å². The van der Waals surface area contributed by atoms with Gasteiger partial charge in [0.2, 0.25) is 0 Å². The maximum Gasteiger partial charge on any atom is 0.119 e. The van der Waals surface area contributed by atoms with Gasteiger partial charge in [0, 0.05) is 12.0 Å². The summed E-state index contributed by atoms with van der Waals surface area (Å²) in [5.74, 6) is 0.910. The molecule has 2 unspecified atom stereocenters. The molecule has 0 amide bonds. The normalized spacial score (nSPS) is 26.6. The quantitative estimate of drug-likeness (QED) is 0.829. The third kappa shape index (κ3) is 3.95. The van der Waals surface area contributed by atoms with Gasteiger partial charge in [0.15, 0.2) is 0 Å². The van der Waals surface area contributed by atoms with Gasteiger partial charge in [-0.1, -0.05) is 25.5 Å². The Hall–Kier alpha value is -1.06. The first-order valence-corrected chi connectivity index (χ1v) is 7.30. The molecule has 2 atom stereocenters. The number of hydrogen-bond acceptors (Lipinski definition) is 3. The molecule has 0 bridgehead atoms. The Labute approximate surface area is 115 Å². The number of rotatable bonds is 6. The van der Waals surface area contributed by atoms with E-state index in [0.29, 0.717) is 0 Å². The van der Waals surface area contributed by atoms with Crippen molar-refractivity contribution in [2.45, 2.75) is 57.1 Å². The summed E-state index contributed by atoms with van der Waals surface area (Å²) in [7, 11) is 0. The van der Waals surface area contributed by atoms with E-state index in [-0.39, 0.29) is 12.7 Å². The number of aliphatic hydroxyl groups excluding tert-OH is 1. The van der Waals surface area contributed by atoms with E-state index >= 15 is 0 Å². The summed E-state index contributed by atoms with van der Waals surface area (Å²) < 4.78 is 5.94. The van der Waals surface area contributed by atoms with Crippen molar-refractivity contribution in [3.63, 3.8) is 0 Å². The lowest BCUT2D eigenvalue weighted by Gasteiger charge is -2.21. The van der Waals surface area contributed by atoms with Crippen LogP contribution in [0.3, 0.4) is 0 Å². The Morgan fingerprint density at radius 3 is 2.68 bits per heavy atom. The summed E-state index contributed by atoms with van der Waals surface area (Å²) in [6.07, 6.45) is 6.23. The molecule has 3 N–H and O–H groups in total. The number of nitrogens with two attached hydrogens (primary N) is 1. The summed E-state index contributed by atoms with van der Waals surface area (Å²) in [5, 5.41) is 9.25. The maximum absolute atomic E-state index is 9.25. The number of unbranched alkanes of at least 4 members (excludes halogenated alkanes) is 1. The summed E-state index contributed by atoms with van der Waals surface area (Å²) in [5.41, 5.74) is 6.98. The topological polar surface area (TPSA) is 55.5 Å². The minimum atomic E-state index is -0.439. The van der Waals surface area contributed by atoms with Gasteiger partial charge < -0.3 is 15.6 Å². The van der Waals surface area contributed by atoms with Crippen LogP contribution in [0.15, 0.2) is 24.3 Å². The Bertz CT molecular complexity index is 390. The van der Waals surface area contributed by atoms with Gasteiger partial charge in [0.1, 0.15) is 11.9 Å². The highest BCUT2D eigenvalue weighted by atomic mass is 16.5. The molecule has 19 heavy (non-hydrogen) atoms. The zero-order chi connectivity index (χ0) is 13.7. The van der Waals surface area contributed by atoms with Crippen LogP contribution in [0.2, 0.25) is 0 Å². The minimum absolute atomic E-state index is 0.0445. The van der Waals surface area contributed by atoms with Crippen LogP contribution in [0, 0.1) is 0 Å². The van der Waals surface area contributed by atoms with Crippen molar-refractivity contribution in [3.8, 4) is 5.75 Å². The monoisotopic (exact) mass is 263 g/mol. The van der Waals surface area contributed by atoms with Gasteiger partial charge in [-0.15, -0.1) is 0 Å². The molecule has 0 saturated heterocycles. The van der Waals surface area contributed by atoms with Crippen LogP contribution < -0.4 is 10.5 Å². The Kier molecular flexibility index (Phi) is 4.83. The molecule has 1 saturated carbocycles. The zero-order valence-electron chi connectivity index (χ0n) is 11.8. The molecule has 3 nitrogen and oxygen atoms in total. The molecule has 1 aliphatic rings. The molecule has 1 aliphatic carbocycles. The average Bonchev–Trinajstić information content (AvgIpc) is 2.80. The van der Waals surface area contributed by atoms with Gasteiger partial charge in [0.05, 0.1) is 6.61 Å². The number of ether oxygens (including phenoxy) is 1. The van der Waals surface area contributed by atoms with Gasteiger partial charge in [0.25, 0.3) is 0 Å². The molecule has 0 radical (unpaired) electrons. The fourth-order valence-electron chi connectivity index (χ4n) is 2.66. The second-order valence-electron chi connectivity index (χ2n) is 5.75. The number of aryl methyl sites for hydroxylation is 1. The van der Waals surface area contributed by atoms with Crippen LogP contribution >= 0.6 is 0 Å². The molecule has 3 heteroatoms. The molecule has 2 rings (SSSR count). The molecule has 0 spiro atoms. The van der Waals surface area contributed by atoms with E-state index in [0.717, 1.165) is 31.4 Å². The molecule has 0 heterocycles.